The van der Waals surface area contributed by atoms with Gasteiger partial charge in [0.2, 0.25) is 0 Å². The summed E-state index contributed by atoms with van der Waals surface area (Å²) >= 11 is 0. The Morgan fingerprint density at radius 2 is 1.88 bits per heavy atom. The molecule has 2 heterocycles. The molecule has 0 bridgehead atoms. The van der Waals surface area contributed by atoms with E-state index in [0.717, 1.165) is 10.3 Å². The largest absolute Gasteiger partial charge is 0.331 e. The van der Waals surface area contributed by atoms with E-state index in [9.17, 15) is 14.4 Å². The molecule has 0 N–H and O–H groups in total. The van der Waals surface area contributed by atoms with E-state index in [4.69, 9.17) is 0 Å². The third kappa shape index (κ3) is 2.81. The molecule has 0 fully saturated rings. The van der Waals surface area contributed by atoms with Gasteiger partial charge in [0.1, 0.15) is 5.69 Å². The third-order valence-electron chi connectivity index (χ3n) is 3.59. The minimum atomic E-state index is -0.600. The fourth-order valence-corrected chi connectivity index (χ4v) is 2.31. The molecular weight excluding hydrogens is 310 g/mol. The summed E-state index contributed by atoms with van der Waals surface area (Å²) in [4.78, 5) is 37.1. The fourth-order valence-electron chi connectivity index (χ4n) is 2.31. The highest BCUT2D eigenvalue weighted by Crippen LogP contribution is 2.05. The second kappa shape index (κ2) is 6.07. The summed E-state index contributed by atoms with van der Waals surface area (Å²) in [5, 5.41) is 8.48. The minimum Gasteiger partial charge on any atom is -0.294 e. The zero-order chi connectivity index (χ0) is 17.3. The van der Waals surface area contributed by atoms with Crippen molar-refractivity contribution < 1.29 is 4.79 Å². The first-order valence-corrected chi connectivity index (χ1v) is 7.25. The minimum absolute atomic E-state index is 0.0347. The maximum atomic E-state index is 12.2. The molecule has 0 unspecified atom stereocenters. The third-order valence-corrected chi connectivity index (χ3v) is 3.59. The maximum absolute atomic E-state index is 12.2. The van der Waals surface area contributed by atoms with Crippen LogP contribution in [0.5, 0.6) is 0 Å². The highest BCUT2D eigenvalue weighted by molar-refractivity contribution is 5.93. The van der Waals surface area contributed by atoms with E-state index in [-0.39, 0.29) is 12.1 Å². The summed E-state index contributed by atoms with van der Waals surface area (Å²) in [7, 11) is 1.34. The van der Waals surface area contributed by atoms with Crippen molar-refractivity contribution in [3.63, 3.8) is 0 Å². The predicted octanol–water partition coefficient (Wildman–Crippen LogP) is 0.379. The Bertz CT molecular complexity index is 1010. The zero-order valence-corrected chi connectivity index (χ0v) is 13.2. The van der Waals surface area contributed by atoms with Gasteiger partial charge >= 0.3 is 5.69 Å². The van der Waals surface area contributed by atoms with Crippen LogP contribution in [0.2, 0.25) is 0 Å². The second-order valence-corrected chi connectivity index (χ2v) is 5.33. The van der Waals surface area contributed by atoms with Gasteiger partial charge in [-0.25, -0.2) is 4.79 Å². The topological polar surface area (TPSA) is 91.8 Å². The number of rotatable bonds is 4. The molecule has 1 aromatic carbocycles. The van der Waals surface area contributed by atoms with Crippen molar-refractivity contribution in [3.8, 4) is 5.69 Å². The fraction of sp³-hybridized carbons (Fsp3) is 0.188. The van der Waals surface area contributed by atoms with Crippen LogP contribution < -0.4 is 11.2 Å². The zero-order valence-electron chi connectivity index (χ0n) is 13.2. The average molecular weight is 325 g/mol. The SMILES string of the molecule is CC(=O)c1cn(Cc2cnn(-c3ccccc3)n2)c(=O)n(C)c1=O. The number of Topliss-reactive ketones (excluding diaryl/α,β-unsaturated/α-hetero) is 1. The molecule has 0 saturated carbocycles. The van der Waals surface area contributed by atoms with Crippen LogP contribution in [0, 0.1) is 0 Å². The van der Waals surface area contributed by atoms with Crippen molar-refractivity contribution in [3.05, 3.63) is 74.8 Å². The van der Waals surface area contributed by atoms with Crippen LogP contribution in [0.1, 0.15) is 23.0 Å². The van der Waals surface area contributed by atoms with Crippen LogP contribution in [0.25, 0.3) is 5.69 Å². The van der Waals surface area contributed by atoms with Gasteiger partial charge in [-0.3, -0.25) is 18.7 Å². The Morgan fingerprint density at radius 3 is 2.54 bits per heavy atom. The first-order valence-electron chi connectivity index (χ1n) is 7.25. The number of carbonyl (C=O) groups is 1. The lowest BCUT2D eigenvalue weighted by Gasteiger charge is -2.07. The first-order chi connectivity index (χ1) is 11.5. The lowest BCUT2D eigenvalue weighted by molar-refractivity contribution is 0.101. The van der Waals surface area contributed by atoms with Crippen LogP contribution in [0.3, 0.4) is 0 Å². The number of ketones is 1. The number of carbonyl (C=O) groups excluding carboxylic acids is 1. The summed E-state index contributed by atoms with van der Waals surface area (Å²) in [6, 6.07) is 9.34. The molecule has 0 spiro atoms. The molecule has 0 amide bonds. The Hall–Kier alpha value is -3.29. The summed E-state index contributed by atoms with van der Waals surface area (Å²) in [5.41, 5.74) is 0.179. The van der Waals surface area contributed by atoms with E-state index in [0.29, 0.717) is 5.69 Å². The summed E-state index contributed by atoms with van der Waals surface area (Å²) in [6.45, 7) is 1.40. The predicted molar refractivity (Wildman–Crippen MR) is 86.4 cm³/mol. The number of benzene rings is 1. The normalized spacial score (nSPS) is 10.8. The van der Waals surface area contributed by atoms with Gasteiger partial charge in [-0.1, -0.05) is 18.2 Å². The summed E-state index contributed by atoms with van der Waals surface area (Å²) in [5.74, 6) is -0.391. The summed E-state index contributed by atoms with van der Waals surface area (Å²) < 4.78 is 2.19. The molecular formula is C16H15N5O3. The molecule has 0 saturated heterocycles. The molecule has 3 rings (SSSR count). The Kier molecular flexibility index (Phi) is 3.95. The van der Waals surface area contributed by atoms with Crippen molar-refractivity contribution in [1.82, 2.24) is 24.1 Å². The molecule has 122 valence electrons. The van der Waals surface area contributed by atoms with E-state index in [2.05, 4.69) is 10.2 Å². The van der Waals surface area contributed by atoms with Crippen molar-refractivity contribution in [2.75, 3.05) is 0 Å². The molecule has 8 heteroatoms. The quantitative estimate of drug-likeness (QED) is 0.647. The number of hydrogen-bond acceptors (Lipinski definition) is 5. The van der Waals surface area contributed by atoms with Gasteiger partial charge in [-0.05, 0) is 19.1 Å². The Morgan fingerprint density at radius 1 is 1.17 bits per heavy atom. The number of nitrogens with zero attached hydrogens (tertiary/aromatic N) is 5. The van der Waals surface area contributed by atoms with Crippen molar-refractivity contribution in [1.29, 1.82) is 0 Å². The van der Waals surface area contributed by atoms with Crippen LogP contribution in [0.4, 0.5) is 0 Å². The van der Waals surface area contributed by atoms with Gasteiger partial charge in [-0.15, -0.1) is 0 Å². The molecule has 3 aromatic rings. The van der Waals surface area contributed by atoms with E-state index in [1.165, 1.54) is 35.7 Å². The number of aromatic nitrogens is 5. The molecule has 2 aromatic heterocycles. The first kappa shape index (κ1) is 15.6. The molecule has 0 aliphatic carbocycles. The van der Waals surface area contributed by atoms with Crippen molar-refractivity contribution >= 4 is 5.78 Å². The van der Waals surface area contributed by atoms with Gasteiger partial charge in [-0.2, -0.15) is 15.0 Å². The van der Waals surface area contributed by atoms with Crippen molar-refractivity contribution in [2.45, 2.75) is 13.5 Å². The van der Waals surface area contributed by atoms with Gasteiger partial charge in [0.15, 0.2) is 5.78 Å². The molecule has 24 heavy (non-hydrogen) atoms. The van der Waals surface area contributed by atoms with E-state index >= 15 is 0 Å². The Balaban J connectivity index is 1.98. The van der Waals surface area contributed by atoms with Crippen LogP contribution >= 0.6 is 0 Å². The average Bonchev–Trinajstić information content (AvgIpc) is 3.04. The van der Waals surface area contributed by atoms with Gasteiger partial charge in [0.05, 0.1) is 24.0 Å². The van der Waals surface area contributed by atoms with Crippen LogP contribution in [-0.2, 0) is 13.6 Å². The highest BCUT2D eigenvalue weighted by Gasteiger charge is 2.13. The Labute approximate surface area is 136 Å². The number of para-hydroxylation sites is 1. The van der Waals surface area contributed by atoms with Crippen molar-refractivity contribution in [2.24, 2.45) is 7.05 Å². The smallest absolute Gasteiger partial charge is 0.294 e. The van der Waals surface area contributed by atoms with Crippen LogP contribution in [0.15, 0.2) is 52.3 Å². The molecule has 0 aliphatic rings. The lowest BCUT2D eigenvalue weighted by Crippen LogP contribution is -2.40. The number of hydrogen-bond donors (Lipinski definition) is 0. The monoisotopic (exact) mass is 325 g/mol. The second-order valence-electron chi connectivity index (χ2n) is 5.33. The maximum Gasteiger partial charge on any atom is 0.331 e. The summed E-state index contributed by atoms with van der Waals surface area (Å²) in [6.07, 6.45) is 2.81. The van der Waals surface area contributed by atoms with E-state index in [1.54, 1.807) is 0 Å². The molecule has 8 nitrogen and oxygen atoms in total. The van der Waals surface area contributed by atoms with E-state index in [1.807, 2.05) is 30.3 Å². The molecule has 0 aliphatic heterocycles. The highest BCUT2D eigenvalue weighted by atomic mass is 16.2. The standard InChI is InChI=1S/C16H15N5O3/c1-11(22)14-10-20(16(24)19(2)15(14)23)9-12-8-17-21(18-12)13-6-4-3-5-7-13/h3-8,10H,9H2,1-2H3. The van der Waals surface area contributed by atoms with E-state index < -0.39 is 17.0 Å². The van der Waals surface area contributed by atoms with Gasteiger partial charge < -0.3 is 0 Å². The lowest BCUT2D eigenvalue weighted by atomic mass is 10.2. The van der Waals surface area contributed by atoms with Crippen LogP contribution in [-0.4, -0.2) is 29.9 Å². The molecule has 0 atom stereocenters. The van der Waals surface area contributed by atoms with Gasteiger partial charge in [0.25, 0.3) is 5.56 Å². The molecule has 0 radical (unpaired) electrons. The van der Waals surface area contributed by atoms with Gasteiger partial charge in [0, 0.05) is 13.2 Å².